The monoisotopic (exact) mass is 285 g/mol. The Bertz CT molecular complexity index is 516. The van der Waals surface area contributed by atoms with Gasteiger partial charge in [-0.2, -0.15) is 0 Å². The molecule has 5 nitrogen and oxygen atoms in total. The quantitative estimate of drug-likeness (QED) is 0.875. The number of aromatic nitrogens is 2. The molecule has 1 aliphatic heterocycles. The number of sulfone groups is 1. The van der Waals surface area contributed by atoms with E-state index in [1.807, 2.05) is 12.5 Å². The molecule has 1 saturated heterocycles. The maximum absolute atomic E-state index is 11.2. The van der Waals surface area contributed by atoms with E-state index in [0.29, 0.717) is 6.42 Å². The zero-order chi connectivity index (χ0) is 13.9. The summed E-state index contributed by atoms with van der Waals surface area (Å²) in [6.45, 7) is 5.07. The molecule has 1 aliphatic rings. The molecule has 0 aliphatic carbocycles. The van der Waals surface area contributed by atoms with Crippen LogP contribution in [0.2, 0.25) is 0 Å². The number of aryl methyl sites for hydroxylation is 1. The van der Waals surface area contributed by atoms with Crippen molar-refractivity contribution >= 4 is 9.84 Å². The molecule has 0 amide bonds. The second-order valence-electron chi connectivity index (χ2n) is 5.77. The van der Waals surface area contributed by atoms with Crippen molar-refractivity contribution in [2.24, 2.45) is 0 Å². The Morgan fingerprint density at radius 1 is 1.42 bits per heavy atom. The molecule has 1 fully saturated rings. The lowest BCUT2D eigenvalue weighted by atomic mass is 9.78. The van der Waals surface area contributed by atoms with Crippen molar-refractivity contribution in [2.45, 2.75) is 38.1 Å². The van der Waals surface area contributed by atoms with Crippen LogP contribution in [0.3, 0.4) is 0 Å². The Balaban J connectivity index is 2.05. The molecule has 0 saturated carbocycles. The first kappa shape index (κ1) is 14.5. The van der Waals surface area contributed by atoms with Gasteiger partial charge < -0.3 is 9.88 Å². The number of piperidine rings is 1. The smallest absolute Gasteiger partial charge is 0.147 e. The number of hydrogen-bond acceptors (Lipinski definition) is 4. The van der Waals surface area contributed by atoms with Crippen LogP contribution in [-0.2, 0) is 21.8 Å². The van der Waals surface area contributed by atoms with E-state index in [4.69, 9.17) is 0 Å². The molecular weight excluding hydrogens is 262 g/mol. The minimum atomic E-state index is -2.87. The van der Waals surface area contributed by atoms with Crippen LogP contribution >= 0.6 is 0 Å². The molecular formula is C13H23N3O2S. The molecule has 1 aromatic heterocycles. The maximum Gasteiger partial charge on any atom is 0.147 e. The van der Waals surface area contributed by atoms with Crippen LogP contribution in [0.4, 0.5) is 0 Å². The predicted molar refractivity (Wildman–Crippen MR) is 76.0 cm³/mol. The highest BCUT2D eigenvalue weighted by Crippen LogP contribution is 2.32. The Morgan fingerprint density at radius 3 is 2.74 bits per heavy atom. The largest absolute Gasteiger partial charge is 0.334 e. The summed E-state index contributed by atoms with van der Waals surface area (Å²) in [6.07, 6.45) is 7.90. The third kappa shape index (κ3) is 3.79. The summed E-state index contributed by atoms with van der Waals surface area (Å²) >= 11 is 0. The number of imidazole rings is 1. The van der Waals surface area contributed by atoms with Gasteiger partial charge in [-0.25, -0.2) is 13.4 Å². The van der Waals surface area contributed by atoms with Gasteiger partial charge >= 0.3 is 0 Å². The molecule has 1 aromatic rings. The van der Waals surface area contributed by atoms with E-state index in [9.17, 15) is 8.42 Å². The Hall–Kier alpha value is -0.880. The van der Waals surface area contributed by atoms with Gasteiger partial charge in [-0.1, -0.05) is 6.92 Å². The van der Waals surface area contributed by atoms with Gasteiger partial charge in [-0.3, -0.25) is 0 Å². The first-order chi connectivity index (χ1) is 8.91. The highest BCUT2D eigenvalue weighted by molar-refractivity contribution is 7.90. The second-order valence-corrected chi connectivity index (χ2v) is 8.03. The molecule has 0 radical (unpaired) electrons. The van der Waals surface area contributed by atoms with Crippen LogP contribution in [0.15, 0.2) is 12.5 Å². The lowest BCUT2D eigenvalue weighted by molar-refractivity contribution is 0.316. The van der Waals surface area contributed by atoms with E-state index >= 15 is 0 Å². The number of hydrogen-bond donors (Lipinski definition) is 1. The number of rotatable bonds is 5. The van der Waals surface area contributed by atoms with E-state index in [-0.39, 0.29) is 11.2 Å². The Morgan fingerprint density at radius 2 is 2.11 bits per heavy atom. The lowest BCUT2D eigenvalue weighted by Crippen LogP contribution is -2.39. The van der Waals surface area contributed by atoms with Gasteiger partial charge in [0.2, 0.25) is 0 Å². The molecule has 0 unspecified atom stereocenters. The summed E-state index contributed by atoms with van der Waals surface area (Å²) in [5.41, 5.74) is 1.40. The van der Waals surface area contributed by atoms with Crippen LogP contribution in [0.1, 0.15) is 31.9 Å². The predicted octanol–water partition coefficient (Wildman–Crippen LogP) is 0.959. The molecule has 2 rings (SSSR count). The highest BCUT2D eigenvalue weighted by Gasteiger charge is 2.31. The molecule has 0 spiro atoms. The Kier molecular flexibility index (Phi) is 4.30. The standard InChI is InChI=1S/C13H23N3O2S/c1-13(4-6-14-7-5-13)12-10-15-11-16(12)8-3-9-19(2,17)18/h10-11,14H,3-9H2,1-2H3. The van der Waals surface area contributed by atoms with Crippen molar-refractivity contribution in [3.63, 3.8) is 0 Å². The minimum Gasteiger partial charge on any atom is -0.334 e. The zero-order valence-electron chi connectivity index (χ0n) is 11.7. The fourth-order valence-electron chi connectivity index (χ4n) is 2.73. The maximum atomic E-state index is 11.2. The van der Waals surface area contributed by atoms with Crippen LogP contribution in [0, 0.1) is 0 Å². The van der Waals surface area contributed by atoms with Crippen LogP contribution < -0.4 is 5.32 Å². The van der Waals surface area contributed by atoms with Crippen molar-refractivity contribution in [3.8, 4) is 0 Å². The fraction of sp³-hybridized carbons (Fsp3) is 0.769. The molecule has 6 heteroatoms. The summed E-state index contributed by atoms with van der Waals surface area (Å²) in [6, 6.07) is 0. The van der Waals surface area contributed by atoms with Crippen molar-refractivity contribution in [1.29, 1.82) is 0 Å². The van der Waals surface area contributed by atoms with E-state index in [1.165, 1.54) is 11.9 Å². The molecule has 0 bridgehead atoms. The van der Waals surface area contributed by atoms with Gasteiger partial charge in [-0.05, 0) is 32.4 Å². The molecule has 0 atom stereocenters. The summed E-state index contributed by atoms with van der Waals surface area (Å²) in [7, 11) is -2.87. The van der Waals surface area contributed by atoms with E-state index in [0.717, 1.165) is 32.5 Å². The third-order valence-electron chi connectivity index (χ3n) is 3.95. The van der Waals surface area contributed by atoms with Crippen molar-refractivity contribution in [2.75, 3.05) is 25.1 Å². The summed E-state index contributed by atoms with van der Waals surface area (Å²) in [5, 5.41) is 3.38. The zero-order valence-corrected chi connectivity index (χ0v) is 12.5. The molecule has 1 N–H and O–H groups in total. The van der Waals surface area contributed by atoms with Gasteiger partial charge in [0.05, 0.1) is 12.1 Å². The topological polar surface area (TPSA) is 64.0 Å². The van der Waals surface area contributed by atoms with Crippen molar-refractivity contribution in [1.82, 2.24) is 14.9 Å². The number of nitrogens with one attached hydrogen (secondary N) is 1. The average molecular weight is 285 g/mol. The molecule has 2 heterocycles. The van der Waals surface area contributed by atoms with Gasteiger partial charge in [0.1, 0.15) is 9.84 Å². The highest BCUT2D eigenvalue weighted by atomic mass is 32.2. The minimum absolute atomic E-state index is 0.160. The summed E-state index contributed by atoms with van der Waals surface area (Å²) in [4.78, 5) is 4.25. The summed E-state index contributed by atoms with van der Waals surface area (Å²) < 4.78 is 24.5. The normalized spacial score (nSPS) is 19.5. The number of nitrogens with zero attached hydrogens (tertiary/aromatic N) is 2. The molecule has 108 valence electrons. The summed E-state index contributed by atoms with van der Waals surface area (Å²) in [5.74, 6) is 0.239. The third-order valence-corrected chi connectivity index (χ3v) is 4.98. The van der Waals surface area contributed by atoms with Crippen molar-refractivity contribution in [3.05, 3.63) is 18.2 Å². The Labute approximate surface area is 115 Å². The van der Waals surface area contributed by atoms with Crippen LogP contribution in [0.5, 0.6) is 0 Å². The SMILES string of the molecule is CC1(c2cncn2CCCS(C)(=O)=O)CCNCC1. The average Bonchev–Trinajstić information content (AvgIpc) is 2.77. The van der Waals surface area contributed by atoms with Gasteiger partial charge in [-0.15, -0.1) is 0 Å². The van der Waals surface area contributed by atoms with E-state index in [2.05, 4.69) is 21.8 Å². The second kappa shape index (κ2) is 5.63. The van der Waals surface area contributed by atoms with E-state index < -0.39 is 9.84 Å². The van der Waals surface area contributed by atoms with Crippen LogP contribution in [-0.4, -0.2) is 43.1 Å². The van der Waals surface area contributed by atoms with Gasteiger partial charge in [0.25, 0.3) is 0 Å². The van der Waals surface area contributed by atoms with Gasteiger partial charge in [0.15, 0.2) is 0 Å². The fourth-order valence-corrected chi connectivity index (χ4v) is 3.39. The van der Waals surface area contributed by atoms with Crippen LogP contribution in [0.25, 0.3) is 0 Å². The lowest BCUT2D eigenvalue weighted by Gasteiger charge is -2.34. The van der Waals surface area contributed by atoms with Gasteiger partial charge in [0, 0.05) is 30.1 Å². The molecule has 0 aromatic carbocycles. The molecule has 19 heavy (non-hydrogen) atoms. The van der Waals surface area contributed by atoms with Crippen molar-refractivity contribution < 1.29 is 8.42 Å². The first-order valence-electron chi connectivity index (χ1n) is 6.80. The van der Waals surface area contributed by atoms with E-state index in [1.54, 1.807) is 0 Å². The first-order valence-corrected chi connectivity index (χ1v) is 8.86.